The molecule has 2 aliphatic carbocycles. The van der Waals surface area contributed by atoms with Gasteiger partial charge in [0.2, 0.25) is 0 Å². The molecule has 2 aliphatic rings. The second-order valence-electron chi connectivity index (χ2n) is 8.29. The minimum absolute atomic E-state index is 0. The van der Waals surface area contributed by atoms with Crippen molar-refractivity contribution in [3.05, 3.63) is 45.6 Å². The zero-order valence-corrected chi connectivity index (χ0v) is 21.8. The molecular formula is C24H38O4Ti. The van der Waals surface area contributed by atoms with Gasteiger partial charge in [-0.15, -0.1) is 13.8 Å². The smallest absolute Gasteiger partial charge is 0.481 e. The summed E-state index contributed by atoms with van der Waals surface area (Å²) in [5.74, 6) is -1.67. The summed E-state index contributed by atoms with van der Waals surface area (Å²) < 4.78 is 0. The predicted molar refractivity (Wildman–Crippen MR) is 116 cm³/mol. The van der Waals surface area contributed by atoms with Gasteiger partial charge in [0, 0.05) is 13.8 Å². The Morgan fingerprint density at radius 2 is 0.828 bits per heavy atom. The van der Waals surface area contributed by atoms with Gasteiger partial charge in [-0.25, -0.2) is 11.1 Å². The van der Waals surface area contributed by atoms with Crippen molar-refractivity contribution in [1.82, 2.24) is 0 Å². The summed E-state index contributed by atoms with van der Waals surface area (Å²) in [5.41, 5.74) is 8.79. The molecule has 0 saturated heterocycles. The Labute approximate surface area is 192 Å². The first-order valence-electron chi connectivity index (χ1n) is 9.36. The molecule has 5 heteroatoms. The SMILES string of the molecule is CC(=O)O.CC(=O)O.CC1=[C-]C(C)(C)C(C)=C1C.CC1=[C-]C(C)(C)C(C)=C1C.[Ti+2]. The molecule has 0 saturated carbocycles. The summed E-state index contributed by atoms with van der Waals surface area (Å²) in [6, 6.07) is 0. The molecule has 0 aromatic carbocycles. The quantitative estimate of drug-likeness (QED) is 0.339. The maximum Gasteiger partial charge on any atom is 2.00 e. The zero-order chi connectivity index (χ0) is 23.0. The van der Waals surface area contributed by atoms with Crippen LogP contribution in [0.25, 0.3) is 0 Å². The van der Waals surface area contributed by atoms with Crippen molar-refractivity contribution in [2.45, 2.75) is 83.1 Å². The molecule has 0 heterocycles. The van der Waals surface area contributed by atoms with Crippen LogP contribution in [0, 0.1) is 23.0 Å². The van der Waals surface area contributed by atoms with Crippen molar-refractivity contribution >= 4 is 11.9 Å². The van der Waals surface area contributed by atoms with Crippen LogP contribution in [0.1, 0.15) is 83.1 Å². The van der Waals surface area contributed by atoms with E-state index in [1.165, 1.54) is 33.4 Å². The van der Waals surface area contributed by atoms with E-state index in [-0.39, 0.29) is 32.5 Å². The van der Waals surface area contributed by atoms with Gasteiger partial charge in [-0.2, -0.15) is 22.3 Å². The van der Waals surface area contributed by atoms with Gasteiger partial charge in [-0.05, 0) is 0 Å². The first kappa shape index (κ1) is 32.3. The molecule has 2 rings (SSSR count). The van der Waals surface area contributed by atoms with Gasteiger partial charge in [0.25, 0.3) is 11.9 Å². The van der Waals surface area contributed by atoms with Crippen LogP contribution in [0.3, 0.4) is 0 Å². The van der Waals surface area contributed by atoms with Crippen LogP contribution in [0.5, 0.6) is 0 Å². The van der Waals surface area contributed by atoms with Crippen LogP contribution in [0.4, 0.5) is 0 Å². The Balaban J connectivity index is -0.000000336. The summed E-state index contributed by atoms with van der Waals surface area (Å²) in [5, 5.41) is 14.8. The van der Waals surface area contributed by atoms with Crippen molar-refractivity contribution < 1.29 is 41.5 Å². The van der Waals surface area contributed by atoms with Crippen LogP contribution in [0.15, 0.2) is 33.4 Å². The van der Waals surface area contributed by atoms with Crippen LogP contribution >= 0.6 is 0 Å². The van der Waals surface area contributed by atoms with E-state index in [1.54, 1.807) is 0 Å². The van der Waals surface area contributed by atoms with Gasteiger partial charge in [-0.1, -0.05) is 66.2 Å². The maximum absolute atomic E-state index is 9.00. The number of allylic oxidation sites excluding steroid dienone is 8. The standard InChI is InChI=1S/2C10H15.2C2H4O2.Ti/c2*1-7-6-10(4,5)9(3)8(7)2;2*1-2(3)4;/h2*1-5H3;2*1H3,(H,3,4);/q2*-1;;;+2. The van der Waals surface area contributed by atoms with Crippen molar-refractivity contribution in [2.24, 2.45) is 10.8 Å². The molecule has 0 amide bonds. The molecular weight excluding hydrogens is 400 g/mol. The Morgan fingerprint density at radius 1 is 0.655 bits per heavy atom. The van der Waals surface area contributed by atoms with Crippen LogP contribution < -0.4 is 0 Å². The maximum atomic E-state index is 9.00. The molecule has 0 aliphatic heterocycles. The third-order valence-corrected chi connectivity index (χ3v) is 5.12. The summed E-state index contributed by atoms with van der Waals surface area (Å²) in [4.78, 5) is 18.0. The number of hydrogen-bond acceptors (Lipinski definition) is 2. The molecule has 0 atom stereocenters. The molecule has 2 N–H and O–H groups in total. The first-order chi connectivity index (χ1) is 12.4. The minimum atomic E-state index is -0.833. The number of carboxylic acids is 2. The normalized spacial score (nSPS) is 17.9. The van der Waals surface area contributed by atoms with E-state index in [9.17, 15) is 0 Å². The second-order valence-corrected chi connectivity index (χ2v) is 8.29. The average molecular weight is 438 g/mol. The molecule has 0 aromatic rings. The second kappa shape index (κ2) is 13.0. The van der Waals surface area contributed by atoms with Gasteiger partial charge in [0.1, 0.15) is 0 Å². The van der Waals surface area contributed by atoms with Crippen molar-refractivity contribution in [3.63, 3.8) is 0 Å². The molecule has 0 unspecified atom stereocenters. The van der Waals surface area contributed by atoms with E-state index in [1.807, 2.05) is 0 Å². The number of carboxylic acid groups (broad SMARTS) is 2. The van der Waals surface area contributed by atoms with E-state index in [0.29, 0.717) is 0 Å². The monoisotopic (exact) mass is 438 g/mol. The van der Waals surface area contributed by atoms with Gasteiger partial charge < -0.3 is 10.2 Å². The molecule has 0 radical (unpaired) electrons. The average Bonchev–Trinajstić information content (AvgIpc) is 2.77. The van der Waals surface area contributed by atoms with Crippen LogP contribution in [-0.2, 0) is 31.3 Å². The molecule has 0 fully saturated rings. The van der Waals surface area contributed by atoms with E-state index < -0.39 is 11.9 Å². The van der Waals surface area contributed by atoms with E-state index in [4.69, 9.17) is 19.8 Å². The molecule has 0 aromatic heterocycles. The van der Waals surface area contributed by atoms with Crippen molar-refractivity contribution in [2.75, 3.05) is 0 Å². The Kier molecular flexibility index (Phi) is 14.5. The van der Waals surface area contributed by atoms with E-state index in [0.717, 1.165) is 13.8 Å². The van der Waals surface area contributed by atoms with Crippen LogP contribution in [-0.4, -0.2) is 22.2 Å². The third kappa shape index (κ3) is 12.0. The van der Waals surface area contributed by atoms with Gasteiger partial charge >= 0.3 is 21.7 Å². The van der Waals surface area contributed by atoms with Gasteiger partial charge in [0.15, 0.2) is 0 Å². The fraction of sp³-hybridized carbons (Fsp3) is 0.583. The van der Waals surface area contributed by atoms with Crippen molar-refractivity contribution in [3.8, 4) is 0 Å². The molecule has 162 valence electrons. The van der Waals surface area contributed by atoms with E-state index in [2.05, 4.69) is 81.4 Å². The Morgan fingerprint density at radius 3 is 0.862 bits per heavy atom. The third-order valence-electron chi connectivity index (χ3n) is 5.12. The molecule has 29 heavy (non-hydrogen) atoms. The molecule has 4 nitrogen and oxygen atoms in total. The Hall–Kier alpha value is -1.39. The minimum Gasteiger partial charge on any atom is -0.481 e. The fourth-order valence-corrected chi connectivity index (χ4v) is 2.81. The number of hydrogen-bond donors (Lipinski definition) is 2. The molecule has 0 spiro atoms. The van der Waals surface area contributed by atoms with Crippen LogP contribution in [0.2, 0.25) is 0 Å². The van der Waals surface area contributed by atoms with Gasteiger partial charge in [-0.3, -0.25) is 21.7 Å². The fourth-order valence-electron chi connectivity index (χ4n) is 2.81. The number of aliphatic carboxylic acids is 2. The number of rotatable bonds is 0. The van der Waals surface area contributed by atoms with Crippen molar-refractivity contribution in [1.29, 1.82) is 0 Å². The number of carbonyl (C=O) groups is 2. The zero-order valence-electron chi connectivity index (χ0n) is 20.2. The largest absolute Gasteiger partial charge is 2.00 e. The summed E-state index contributed by atoms with van der Waals surface area (Å²) >= 11 is 0. The predicted octanol–water partition coefficient (Wildman–Crippen LogP) is 6.40. The topological polar surface area (TPSA) is 74.6 Å². The summed E-state index contributed by atoms with van der Waals surface area (Å²) in [6.07, 6.45) is 6.87. The Bertz CT molecular complexity index is 647. The summed E-state index contributed by atoms with van der Waals surface area (Å²) in [7, 11) is 0. The van der Waals surface area contributed by atoms with Gasteiger partial charge in [0.05, 0.1) is 0 Å². The molecule has 0 bridgehead atoms. The summed E-state index contributed by atoms with van der Waals surface area (Å²) in [6.45, 7) is 24.0. The first-order valence-corrected chi connectivity index (χ1v) is 9.36. The van der Waals surface area contributed by atoms with E-state index >= 15 is 0 Å².